The second kappa shape index (κ2) is 36.5. The Morgan fingerprint density at radius 2 is 0.759 bits per heavy atom. The number of nitrogens with one attached hydrogen (secondary N) is 2. The van der Waals surface area contributed by atoms with Crippen LogP contribution < -0.4 is 35.3 Å². The molecule has 2 bridgehead atoms. The molecule has 2 unspecified atom stereocenters. The highest BCUT2D eigenvalue weighted by Crippen LogP contribution is 2.56. The molecular formula is C79H121N17O12S4. The number of carbonyl (C=O) groups is 8. The van der Waals surface area contributed by atoms with Crippen LogP contribution in [0.4, 0.5) is 38.4 Å². The van der Waals surface area contributed by atoms with Crippen molar-refractivity contribution in [2.75, 3.05) is 112 Å². The number of benzene rings is 2. The maximum absolute atomic E-state index is 15.9. The first-order valence-electron chi connectivity index (χ1n) is 42.1. The number of primary amides is 1. The Hall–Kier alpha value is -6.84. The van der Waals surface area contributed by atoms with Crippen LogP contribution in [0.3, 0.4) is 0 Å². The third-order valence-electron chi connectivity index (χ3n) is 24.9. The van der Waals surface area contributed by atoms with E-state index in [0.717, 1.165) is 94.0 Å². The molecule has 12 heterocycles. The van der Waals surface area contributed by atoms with Gasteiger partial charge in [-0.2, -0.15) is 47.0 Å². The molecule has 33 heteroatoms. The van der Waals surface area contributed by atoms with Gasteiger partial charge in [-0.3, -0.25) is 68.6 Å². The predicted molar refractivity (Wildman–Crippen MR) is 435 cm³/mol. The third-order valence-corrected chi connectivity index (χ3v) is 29.1. The fraction of sp³-hybridized carbons (Fsp3) is 0.747. The summed E-state index contributed by atoms with van der Waals surface area (Å²) in [6.45, 7) is 10.1. The highest BCUT2D eigenvalue weighted by Gasteiger charge is 2.80. The highest BCUT2D eigenvalue weighted by molar-refractivity contribution is 7.99. The summed E-state index contributed by atoms with van der Waals surface area (Å²) < 4.78 is 26.7. The Morgan fingerprint density at radius 3 is 1.15 bits per heavy atom. The van der Waals surface area contributed by atoms with Crippen molar-refractivity contribution in [3.05, 3.63) is 46.5 Å². The maximum atomic E-state index is 15.9. The summed E-state index contributed by atoms with van der Waals surface area (Å²) in [6, 6.07) is 2.76. The Bertz CT molecular complexity index is 3730. The van der Waals surface area contributed by atoms with Gasteiger partial charge in [-0.1, -0.05) is 156 Å². The molecule has 4 N–H and O–H groups in total. The van der Waals surface area contributed by atoms with E-state index < -0.39 is 117 Å². The minimum absolute atomic E-state index is 0.00503. The van der Waals surface area contributed by atoms with Crippen LogP contribution in [-0.2, 0) is 26.1 Å². The molecule has 7 atom stereocenters. The van der Waals surface area contributed by atoms with Gasteiger partial charge in [-0.25, -0.2) is 43.7 Å². The van der Waals surface area contributed by atoms with Gasteiger partial charge >= 0.3 is 48.2 Å². The number of rotatable bonds is 44. The molecule has 2 aromatic carbocycles. The third kappa shape index (κ3) is 15.4. The predicted octanol–water partition coefficient (Wildman–Crippen LogP) is 13.3. The van der Waals surface area contributed by atoms with Crippen molar-refractivity contribution < 1.29 is 57.3 Å². The first-order chi connectivity index (χ1) is 54.6. The van der Waals surface area contributed by atoms with E-state index >= 15 is 33.6 Å². The van der Waals surface area contributed by atoms with Gasteiger partial charge in [0.2, 0.25) is 5.79 Å². The molecule has 0 radical (unpaired) electrons. The molecule has 29 nitrogen and oxygen atoms in total. The van der Waals surface area contributed by atoms with E-state index in [0.29, 0.717) is 49.4 Å². The van der Waals surface area contributed by atoms with Gasteiger partial charge in [0, 0.05) is 58.2 Å². The first kappa shape index (κ1) is 81.7. The fourth-order valence-electron chi connectivity index (χ4n) is 19.1. The lowest BCUT2D eigenvalue weighted by atomic mass is 9.95. The van der Waals surface area contributed by atoms with Crippen LogP contribution in [0, 0.1) is 0 Å². The van der Waals surface area contributed by atoms with Gasteiger partial charge in [0.05, 0.1) is 39.5 Å². The second-order valence-electron chi connectivity index (χ2n) is 32.0. The largest absolute Gasteiger partial charge is 0.492 e. The van der Waals surface area contributed by atoms with Gasteiger partial charge in [0.15, 0.2) is 36.1 Å². The van der Waals surface area contributed by atoms with Crippen molar-refractivity contribution in [1.82, 2.24) is 79.2 Å². The van der Waals surface area contributed by atoms with Crippen LogP contribution in [-0.4, -0.2) is 271 Å². The summed E-state index contributed by atoms with van der Waals surface area (Å²) in [5.74, 6) is 5.98. The van der Waals surface area contributed by atoms with Crippen molar-refractivity contribution in [2.45, 2.75) is 263 Å². The summed E-state index contributed by atoms with van der Waals surface area (Å²) in [5.41, 5.74) is 8.11. The van der Waals surface area contributed by atoms with E-state index in [1.54, 1.807) is 19.6 Å². The summed E-state index contributed by atoms with van der Waals surface area (Å²) in [6.07, 6.45) is 25.0. The summed E-state index contributed by atoms with van der Waals surface area (Å²) in [5, 5.41) is 6.80. The number of nitrogens with zero attached hydrogens (tertiary/aromatic N) is 14. The zero-order chi connectivity index (χ0) is 78.3. The van der Waals surface area contributed by atoms with Crippen LogP contribution in [0.15, 0.2) is 24.3 Å². The molecule has 0 aromatic heterocycles. The summed E-state index contributed by atoms with van der Waals surface area (Å²) in [4.78, 5) is 146. The molecule has 618 valence electrons. The quantitative estimate of drug-likeness (QED) is 0.0520. The standard InChI is InChI=1S/C79H121N17O12S4/c1-6-10-14-18-22-26-40-109-44-36-105-61-30-31-62(106-37-45-110-41-27-23-19-15-11-7-2)58-48-81-70(98)94-56-96-76(104)90-54-86-66-65-83(71(99)85(66)53-89-68(90)79(96)82-78(94,35-34-57(58)61)93(69(80)97)55-95(79)75(89)103)51-87-67-77(5)91(73(87)101)49-59-60(50-92(77)74(102)88(67)52-84(65)72(86)100)64(108-39-47-112-43-29-25-21-17-13-9-4)33-32-63(59)107-38-46-111-42-28-24-20-16-12-8-3/h30-33,65-68,82H,6-29,34-56H2,1-5H3,(H2,80,97)(H,81,98)/t65?,66-,67?,68+,77+,78-,79+/m1/s1. The number of ether oxygens (including phenoxy) is 4. The number of fused-ring (bicyclic) bond motifs is 2. The molecule has 2 aromatic rings. The molecule has 112 heavy (non-hydrogen) atoms. The Morgan fingerprint density at radius 1 is 0.411 bits per heavy atom. The molecule has 12 aliphatic heterocycles. The molecule has 10 fully saturated rings. The average molecular weight is 1630 g/mol. The topological polar surface area (TPSA) is 269 Å². The monoisotopic (exact) mass is 1630 g/mol. The molecule has 14 rings (SSSR count). The van der Waals surface area contributed by atoms with Crippen molar-refractivity contribution in [1.29, 1.82) is 0 Å². The lowest BCUT2D eigenvalue weighted by Crippen LogP contribution is -2.92. The van der Waals surface area contributed by atoms with E-state index in [1.165, 1.54) is 177 Å². The van der Waals surface area contributed by atoms with Gasteiger partial charge in [0.25, 0.3) is 0 Å². The van der Waals surface area contributed by atoms with Crippen molar-refractivity contribution >= 4 is 95.3 Å². The van der Waals surface area contributed by atoms with Crippen LogP contribution in [0.2, 0.25) is 0 Å². The normalized spacial score (nSPS) is 25.1. The van der Waals surface area contributed by atoms with Crippen molar-refractivity contribution in [3.8, 4) is 23.0 Å². The number of thioether (sulfide) groups is 4. The molecule has 0 aliphatic carbocycles. The number of amides is 16. The minimum Gasteiger partial charge on any atom is -0.492 e. The molecule has 0 saturated carbocycles. The number of nitrogens with two attached hydrogens (primary N) is 1. The zero-order valence-corrected chi connectivity index (χ0v) is 70.0. The van der Waals surface area contributed by atoms with Gasteiger partial charge in [-0.05, 0) is 86.3 Å². The highest BCUT2D eigenvalue weighted by atomic mass is 32.2. The number of hydrogen-bond acceptors (Lipinski definition) is 17. The number of urea groups is 8. The van der Waals surface area contributed by atoms with Gasteiger partial charge in [0.1, 0.15) is 63.0 Å². The van der Waals surface area contributed by atoms with Crippen molar-refractivity contribution in [2.24, 2.45) is 5.73 Å². The van der Waals surface area contributed by atoms with E-state index in [2.05, 4.69) is 38.3 Å². The minimum atomic E-state index is -1.83. The maximum Gasteiger partial charge on any atom is 0.327 e. The van der Waals surface area contributed by atoms with Crippen molar-refractivity contribution in [3.63, 3.8) is 0 Å². The summed E-state index contributed by atoms with van der Waals surface area (Å²) in [7, 11) is 0. The Kier molecular flexibility index (Phi) is 26.7. The van der Waals surface area contributed by atoms with E-state index in [1.807, 2.05) is 78.2 Å². The zero-order valence-electron chi connectivity index (χ0n) is 66.7. The van der Waals surface area contributed by atoms with Crippen LogP contribution >= 0.6 is 47.0 Å². The SMILES string of the molecule is CCCCCCCCSCCOc1ccc(OCCSCCCCCCCC)c2c1CC[C@]13N[C@]45[C@H]6N(CN7C(=O)N8CN9C(=O)N%10Cc%11c(OCCSCCCCCCCC)ccc(OCCSCCCCCCCC)c%11CN%11C(=O)N(CN%12C(=O)N(CN6C(=O)N4CN1C(=O)NC2)[C@@H]7C8%12)C9[C@@]%10%11C)C(=O)N5CN3C(N)=O. The Balaban J connectivity index is 0.724. The second-order valence-corrected chi connectivity index (χ2v) is 36.9. The first-order valence-corrected chi connectivity index (χ1v) is 46.7. The molecule has 10 saturated heterocycles. The fourth-order valence-corrected chi connectivity index (χ4v) is 22.3. The summed E-state index contributed by atoms with van der Waals surface area (Å²) >= 11 is 7.44. The van der Waals surface area contributed by atoms with Crippen LogP contribution in [0.25, 0.3) is 0 Å². The van der Waals surface area contributed by atoms with Gasteiger partial charge < -0.3 is 30.0 Å². The smallest absolute Gasteiger partial charge is 0.327 e. The van der Waals surface area contributed by atoms with E-state index in [4.69, 9.17) is 24.7 Å². The Labute approximate surface area is 678 Å². The van der Waals surface area contributed by atoms with Crippen LogP contribution in [0.5, 0.6) is 23.0 Å². The van der Waals surface area contributed by atoms with E-state index in [9.17, 15) is 4.79 Å². The lowest BCUT2D eigenvalue weighted by Gasteiger charge is -2.64. The number of unbranched alkanes of at least 4 members (excludes halogenated alkanes) is 20. The van der Waals surface area contributed by atoms with Crippen LogP contribution in [0.1, 0.15) is 217 Å². The average Bonchev–Trinajstić information content (AvgIpc) is 1.49. The van der Waals surface area contributed by atoms with E-state index in [-0.39, 0.29) is 45.8 Å². The molecule has 2 spiro atoms. The molecular weight excluding hydrogens is 1510 g/mol. The lowest BCUT2D eigenvalue weighted by molar-refractivity contribution is -0.231. The van der Waals surface area contributed by atoms with Gasteiger partial charge in [-0.15, -0.1) is 0 Å². The number of carbonyl (C=O) groups excluding carboxylic acids is 8. The molecule has 12 aliphatic rings. The number of hydrogen-bond donors (Lipinski definition) is 3. The molecule has 16 amide bonds.